The largest absolute Gasteiger partial charge is 0.301 e. The Bertz CT molecular complexity index is 106. The molecule has 1 nitrogen and oxygen atoms in total. The summed E-state index contributed by atoms with van der Waals surface area (Å²) < 4.78 is 0. The molecule has 0 bridgehead atoms. The first-order chi connectivity index (χ1) is 5.84. The summed E-state index contributed by atoms with van der Waals surface area (Å²) in [5, 5.41) is 0. The van der Waals surface area contributed by atoms with Gasteiger partial charge < -0.3 is 4.90 Å². The van der Waals surface area contributed by atoms with Crippen LogP contribution in [0.25, 0.3) is 0 Å². The molecule has 0 radical (unpaired) electrons. The smallest absolute Gasteiger partial charge is 0.00669 e. The molecule has 0 saturated carbocycles. The van der Waals surface area contributed by atoms with Gasteiger partial charge in [0, 0.05) is 6.04 Å². The third-order valence-corrected chi connectivity index (χ3v) is 2.99. The molecule has 1 aliphatic heterocycles. The standard InChI is InChI=1S/C11H23N/c1-3-4-5-8-11(2)12-9-6-7-10-12/h11H,3-10H2,1-2H3/t11-/m0/s1. The van der Waals surface area contributed by atoms with Crippen LogP contribution in [0.4, 0.5) is 0 Å². The topological polar surface area (TPSA) is 3.24 Å². The number of rotatable bonds is 5. The van der Waals surface area contributed by atoms with Gasteiger partial charge in [-0.05, 0) is 39.3 Å². The Morgan fingerprint density at radius 3 is 2.42 bits per heavy atom. The summed E-state index contributed by atoms with van der Waals surface area (Å²) in [6.07, 6.45) is 8.46. The van der Waals surface area contributed by atoms with Gasteiger partial charge in [-0.3, -0.25) is 0 Å². The highest BCUT2D eigenvalue weighted by Gasteiger charge is 2.16. The molecule has 1 heterocycles. The second-order valence-corrected chi connectivity index (χ2v) is 4.09. The molecule has 1 atom stereocenters. The van der Waals surface area contributed by atoms with E-state index in [-0.39, 0.29) is 0 Å². The summed E-state index contributed by atoms with van der Waals surface area (Å²) >= 11 is 0. The van der Waals surface area contributed by atoms with Crippen molar-refractivity contribution in [1.29, 1.82) is 0 Å². The van der Waals surface area contributed by atoms with E-state index in [1.807, 2.05) is 0 Å². The van der Waals surface area contributed by atoms with Gasteiger partial charge in [-0.1, -0.05) is 26.2 Å². The van der Waals surface area contributed by atoms with Crippen LogP contribution < -0.4 is 0 Å². The van der Waals surface area contributed by atoms with Gasteiger partial charge in [-0.15, -0.1) is 0 Å². The van der Waals surface area contributed by atoms with E-state index in [9.17, 15) is 0 Å². The molecule has 0 aromatic rings. The Kier molecular flexibility index (Phi) is 4.67. The van der Waals surface area contributed by atoms with Crippen molar-refractivity contribution in [3.63, 3.8) is 0 Å². The fraction of sp³-hybridized carbons (Fsp3) is 1.00. The van der Waals surface area contributed by atoms with Gasteiger partial charge in [0.1, 0.15) is 0 Å². The van der Waals surface area contributed by atoms with Crippen LogP contribution in [0.15, 0.2) is 0 Å². The lowest BCUT2D eigenvalue weighted by atomic mass is 10.1. The fourth-order valence-corrected chi connectivity index (χ4v) is 2.05. The molecule has 12 heavy (non-hydrogen) atoms. The molecule has 1 rings (SSSR count). The molecule has 0 aromatic heterocycles. The first kappa shape index (κ1) is 10.0. The van der Waals surface area contributed by atoms with Crippen LogP contribution in [0.2, 0.25) is 0 Å². The van der Waals surface area contributed by atoms with Crippen LogP contribution >= 0.6 is 0 Å². The van der Waals surface area contributed by atoms with Crippen LogP contribution in [0.1, 0.15) is 52.4 Å². The second-order valence-electron chi connectivity index (χ2n) is 4.09. The van der Waals surface area contributed by atoms with E-state index in [1.54, 1.807) is 0 Å². The zero-order valence-corrected chi connectivity index (χ0v) is 8.68. The van der Waals surface area contributed by atoms with Crippen molar-refractivity contribution in [2.24, 2.45) is 0 Å². The predicted octanol–water partition coefficient (Wildman–Crippen LogP) is 3.05. The number of hydrogen-bond acceptors (Lipinski definition) is 1. The first-order valence-corrected chi connectivity index (χ1v) is 5.58. The van der Waals surface area contributed by atoms with Crippen LogP contribution in [-0.2, 0) is 0 Å². The van der Waals surface area contributed by atoms with Crippen LogP contribution in [-0.4, -0.2) is 24.0 Å². The van der Waals surface area contributed by atoms with E-state index in [0.29, 0.717) is 0 Å². The van der Waals surface area contributed by atoms with Gasteiger partial charge in [-0.25, -0.2) is 0 Å². The Hall–Kier alpha value is -0.0400. The van der Waals surface area contributed by atoms with E-state index >= 15 is 0 Å². The molecule has 0 aromatic carbocycles. The quantitative estimate of drug-likeness (QED) is 0.572. The maximum absolute atomic E-state index is 2.65. The van der Waals surface area contributed by atoms with Crippen molar-refractivity contribution in [2.75, 3.05) is 13.1 Å². The van der Waals surface area contributed by atoms with Crippen LogP contribution in [0, 0.1) is 0 Å². The monoisotopic (exact) mass is 169 g/mol. The zero-order chi connectivity index (χ0) is 8.81. The van der Waals surface area contributed by atoms with Gasteiger partial charge in [-0.2, -0.15) is 0 Å². The Morgan fingerprint density at radius 2 is 1.83 bits per heavy atom. The van der Waals surface area contributed by atoms with Crippen molar-refractivity contribution in [2.45, 2.75) is 58.4 Å². The number of unbranched alkanes of at least 4 members (excludes halogenated alkanes) is 2. The minimum atomic E-state index is 0.846. The molecule has 0 amide bonds. The van der Waals surface area contributed by atoms with Crippen molar-refractivity contribution < 1.29 is 0 Å². The summed E-state index contributed by atoms with van der Waals surface area (Å²) in [5.41, 5.74) is 0. The third-order valence-electron chi connectivity index (χ3n) is 2.99. The fourth-order valence-electron chi connectivity index (χ4n) is 2.05. The molecule has 0 unspecified atom stereocenters. The number of hydrogen-bond donors (Lipinski definition) is 0. The zero-order valence-electron chi connectivity index (χ0n) is 8.68. The van der Waals surface area contributed by atoms with E-state index < -0.39 is 0 Å². The Balaban J connectivity index is 2.05. The Labute approximate surface area is 77.1 Å². The molecular weight excluding hydrogens is 146 g/mol. The van der Waals surface area contributed by atoms with Crippen LogP contribution in [0.5, 0.6) is 0 Å². The minimum absolute atomic E-state index is 0.846. The highest BCUT2D eigenvalue weighted by molar-refractivity contribution is 4.72. The lowest BCUT2D eigenvalue weighted by Crippen LogP contribution is -2.29. The lowest BCUT2D eigenvalue weighted by molar-refractivity contribution is 0.242. The van der Waals surface area contributed by atoms with Gasteiger partial charge in [0.05, 0.1) is 0 Å². The highest BCUT2D eigenvalue weighted by atomic mass is 15.2. The molecule has 1 saturated heterocycles. The molecule has 0 N–H and O–H groups in total. The molecule has 1 fully saturated rings. The number of likely N-dealkylation sites (tertiary alicyclic amines) is 1. The van der Waals surface area contributed by atoms with E-state index in [0.717, 1.165) is 6.04 Å². The van der Waals surface area contributed by atoms with Gasteiger partial charge in [0.2, 0.25) is 0 Å². The van der Waals surface area contributed by atoms with Crippen molar-refractivity contribution in [1.82, 2.24) is 4.90 Å². The van der Waals surface area contributed by atoms with Crippen molar-refractivity contribution in [3.8, 4) is 0 Å². The summed E-state index contributed by atoms with van der Waals surface area (Å²) in [5.74, 6) is 0. The van der Waals surface area contributed by atoms with Gasteiger partial charge in [0.25, 0.3) is 0 Å². The molecule has 0 aliphatic carbocycles. The maximum Gasteiger partial charge on any atom is 0.00669 e. The molecule has 0 spiro atoms. The van der Waals surface area contributed by atoms with Gasteiger partial charge in [0.15, 0.2) is 0 Å². The average Bonchev–Trinajstić information content (AvgIpc) is 2.56. The van der Waals surface area contributed by atoms with E-state index in [4.69, 9.17) is 0 Å². The SMILES string of the molecule is CCCCC[C@H](C)N1CCCC1. The van der Waals surface area contributed by atoms with Crippen molar-refractivity contribution >= 4 is 0 Å². The normalized spacial score (nSPS) is 21.5. The predicted molar refractivity (Wildman–Crippen MR) is 54.4 cm³/mol. The molecule has 1 heteroatoms. The Morgan fingerprint density at radius 1 is 1.17 bits per heavy atom. The van der Waals surface area contributed by atoms with Crippen molar-refractivity contribution in [3.05, 3.63) is 0 Å². The molecule has 72 valence electrons. The maximum atomic E-state index is 2.65. The summed E-state index contributed by atoms with van der Waals surface area (Å²) in [7, 11) is 0. The third kappa shape index (κ3) is 3.14. The van der Waals surface area contributed by atoms with E-state index in [2.05, 4.69) is 18.7 Å². The average molecular weight is 169 g/mol. The summed E-state index contributed by atoms with van der Waals surface area (Å²) in [6, 6.07) is 0.846. The first-order valence-electron chi connectivity index (χ1n) is 5.58. The van der Waals surface area contributed by atoms with Crippen LogP contribution in [0.3, 0.4) is 0 Å². The van der Waals surface area contributed by atoms with Gasteiger partial charge >= 0.3 is 0 Å². The minimum Gasteiger partial charge on any atom is -0.301 e. The number of nitrogens with zero attached hydrogens (tertiary/aromatic N) is 1. The highest BCUT2D eigenvalue weighted by Crippen LogP contribution is 2.15. The summed E-state index contributed by atoms with van der Waals surface area (Å²) in [6.45, 7) is 7.38. The lowest BCUT2D eigenvalue weighted by Gasteiger charge is -2.23. The molecule has 1 aliphatic rings. The summed E-state index contributed by atoms with van der Waals surface area (Å²) in [4.78, 5) is 2.65. The molecular formula is C11H23N. The second kappa shape index (κ2) is 5.58. The van der Waals surface area contributed by atoms with E-state index in [1.165, 1.54) is 51.6 Å².